The van der Waals surface area contributed by atoms with Crippen molar-refractivity contribution in [2.75, 3.05) is 6.61 Å². The van der Waals surface area contributed by atoms with Crippen molar-refractivity contribution in [3.05, 3.63) is 0 Å². The Morgan fingerprint density at radius 3 is 1.59 bits per heavy atom. The van der Waals surface area contributed by atoms with Crippen molar-refractivity contribution in [2.24, 2.45) is 93.7 Å². The zero-order valence-electron chi connectivity index (χ0n) is 40.5. The molecule has 0 aromatic heterocycles. The van der Waals surface area contributed by atoms with E-state index in [-0.39, 0.29) is 5.60 Å². The molecule has 6 aliphatic carbocycles. The molecule has 11 unspecified atom stereocenters. The van der Waals surface area contributed by atoms with Gasteiger partial charge in [-0.05, 0) is 209 Å². The third-order valence-corrected chi connectivity index (χ3v) is 24.9. The fraction of sp³-hybridized carbons (Fsp3) is 1.00. The van der Waals surface area contributed by atoms with Gasteiger partial charge in [-0.2, -0.15) is 0 Å². The molecule has 0 radical (unpaired) electrons. The molecule has 0 bridgehead atoms. The van der Waals surface area contributed by atoms with Gasteiger partial charge >= 0.3 is 0 Å². The van der Waals surface area contributed by atoms with Crippen LogP contribution < -0.4 is 0 Å². The van der Waals surface area contributed by atoms with Crippen LogP contribution in [-0.2, 0) is 4.74 Å². The predicted molar refractivity (Wildman–Crippen MR) is 248 cm³/mol. The van der Waals surface area contributed by atoms with Crippen LogP contribution in [0.15, 0.2) is 0 Å². The first kappa shape index (κ1) is 45.7. The molecule has 6 aliphatic rings. The highest BCUT2D eigenvalue weighted by molar-refractivity contribution is 6.80. The van der Waals surface area contributed by atoms with Crippen LogP contribution in [0.25, 0.3) is 0 Å². The molecule has 2 heteroatoms. The minimum Gasteiger partial charge on any atom is -0.376 e. The highest BCUT2D eigenvalue weighted by atomic mass is 28.3. The van der Waals surface area contributed by atoms with Crippen LogP contribution in [0.1, 0.15) is 212 Å². The Kier molecular flexibility index (Phi) is 14.9. The molecular formula is C54H100OSi. The third-order valence-electron chi connectivity index (χ3n) is 19.6. The van der Waals surface area contributed by atoms with Crippen molar-refractivity contribution in [1.29, 1.82) is 0 Å². The number of hydrogen-bond acceptors (Lipinski definition) is 1. The lowest BCUT2D eigenvalue weighted by Crippen LogP contribution is -2.48. The summed E-state index contributed by atoms with van der Waals surface area (Å²) in [6.45, 7) is 37.0. The number of rotatable bonds is 12. The molecule has 0 aromatic rings. The quantitative estimate of drug-likeness (QED) is 0.141. The van der Waals surface area contributed by atoms with E-state index < -0.39 is 8.07 Å². The molecule has 11 atom stereocenters. The van der Waals surface area contributed by atoms with Gasteiger partial charge in [0, 0.05) is 6.61 Å². The Balaban J connectivity index is 1.22. The van der Waals surface area contributed by atoms with Gasteiger partial charge in [0.15, 0.2) is 0 Å². The lowest BCUT2D eigenvalue weighted by Gasteiger charge is -2.51. The molecule has 0 amide bonds. The summed E-state index contributed by atoms with van der Waals surface area (Å²) in [5.74, 6) is 14.0. The van der Waals surface area contributed by atoms with Gasteiger partial charge in [-0.1, -0.05) is 120 Å². The maximum atomic E-state index is 6.13. The number of hydrogen-bond donors (Lipinski definition) is 0. The van der Waals surface area contributed by atoms with Crippen LogP contribution >= 0.6 is 0 Å². The first-order chi connectivity index (χ1) is 26.2. The normalized spacial score (nSPS) is 41.5. The zero-order chi connectivity index (χ0) is 40.8. The Bertz CT molecular complexity index is 1200. The summed E-state index contributed by atoms with van der Waals surface area (Å²) in [6, 6.07) is 0. The van der Waals surface area contributed by atoms with Crippen molar-refractivity contribution < 1.29 is 4.74 Å². The maximum absolute atomic E-state index is 6.13. The van der Waals surface area contributed by atoms with Crippen LogP contribution in [0.2, 0.25) is 24.2 Å². The second-order valence-corrected chi connectivity index (χ2v) is 31.4. The van der Waals surface area contributed by atoms with E-state index in [0.717, 1.165) is 101 Å². The zero-order valence-corrected chi connectivity index (χ0v) is 41.5. The molecule has 0 spiro atoms. The van der Waals surface area contributed by atoms with E-state index in [0.29, 0.717) is 10.8 Å². The van der Waals surface area contributed by atoms with E-state index in [1.807, 2.05) is 0 Å². The molecule has 0 aromatic carbocycles. The standard InChI is InChI=1S/C54H100OSi/c1-36(2)47-35-48-43(38-26-30-40(31-27-38)52(4,5)6)22-19-24-45(48)51(47)56(13,14)50-37(3)42(21-17-15-16-18-34-55-54(10,11)12)49-44(23-20-25-46(49)50)39-28-32-41(33-29-39)53(7,8)9/h36-51H,15-35H2,1-14H3. The van der Waals surface area contributed by atoms with E-state index in [1.165, 1.54) is 70.6 Å². The lowest BCUT2D eigenvalue weighted by atomic mass is 9.60. The summed E-state index contributed by atoms with van der Waals surface area (Å²) in [5.41, 5.74) is 3.10. The first-order valence-electron chi connectivity index (χ1n) is 25.8. The fourth-order valence-corrected chi connectivity index (χ4v) is 23.8. The molecular weight excluding hydrogens is 693 g/mol. The molecule has 6 rings (SSSR count). The third kappa shape index (κ3) is 10.1. The number of unbranched alkanes of at least 4 members (excludes halogenated alkanes) is 3. The summed E-state index contributed by atoms with van der Waals surface area (Å²) in [6.07, 6.45) is 30.2. The Morgan fingerprint density at radius 2 is 1.05 bits per heavy atom. The molecule has 6 saturated carbocycles. The van der Waals surface area contributed by atoms with E-state index in [1.54, 1.807) is 57.8 Å². The molecule has 0 N–H and O–H groups in total. The summed E-state index contributed by atoms with van der Waals surface area (Å²) >= 11 is 0. The lowest BCUT2D eigenvalue weighted by molar-refractivity contribution is -0.00484. The second kappa shape index (κ2) is 18.3. The Hall–Kier alpha value is 0.177. The average Bonchev–Trinajstić information content (AvgIpc) is 3.66. The summed E-state index contributed by atoms with van der Waals surface area (Å²) in [4.78, 5) is 0. The topological polar surface area (TPSA) is 9.23 Å². The summed E-state index contributed by atoms with van der Waals surface area (Å²) in [7, 11) is -1.61. The largest absolute Gasteiger partial charge is 0.376 e. The van der Waals surface area contributed by atoms with Crippen LogP contribution in [0.5, 0.6) is 0 Å². The van der Waals surface area contributed by atoms with Crippen LogP contribution in [0.4, 0.5) is 0 Å². The summed E-state index contributed by atoms with van der Waals surface area (Å²) < 4.78 is 6.13. The van der Waals surface area contributed by atoms with Crippen LogP contribution in [0, 0.1) is 93.7 Å². The maximum Gasteiger partial charge on any atom is 0.0598 e. The molecule has 56 heavy (non-hydrogen) atoms. The van der Waals surface area contributed by atoms with Gasteiger partial charge < -0.3 is 4.74 Å². The monoisotopic (exact) mass is 793 g/mol. The minimum absolute atomic E-state index is 0.0000646. The van der Waals surface area contributed by atoms with Gasteiger partial charge in [0.05, 0.1) is 13.7 Å². The van der Waals surface area contributed by atoms with Crippen molar-refractivity contribution in [3.63, 3.8) is 0 Å². The SMILES string of the molecule is CC(C)C1CC2C(C3CCC(C(C)(C)C)CC3)CCCC2C1[Si](C)(C)C1C(C)C(CCCCCCOC(C)(C)C)C2C(C3CCC(C(C)(C)C)CC3)CCCC21. The predicted octanol–water partition coefficient (Wildman–Crippen LogP) is 16.9. The van der Waals surface area contributed by atoms with Gasteiger partial charge in [0.1, 0.15) is 0 Å². The van der Waals surface area contributed by atoms with Crippen molar-refractivity contribution in [1.82, 2.24) is 0 Å². The van der Waals surface area contributed by atoms with E-state index in [4.69, 9.17) is 4.74 Å². The molecule has 1 nitrogen and oxygen atoms in total. The highest BCUT2D eigenvalue weighted by Gasteiger charge is 2.63. The summed E-state index contributed by atoms with van der Waals surface area (Å²) in [5, 5.41) is 0. The Morgan fingerprint density at radius 1 is 0.554 bits per heavy atom. The highest BCUT2D eigenvalue weighted by Crippen LogP contribution is 2.70. The molecule has 0 heterocycles. The van der Waals surface area contributed by atoms with Crippen LogP contribution in [-0.4, -0.2) is 20.3 Å². The van der Waals surface area contributed by atoms with Gasteiger partial charge in [-0.15, -0.1) is 0 Å². The van der Waals surface area contributed by atoms with Crippen molar-refractivity contribution in [3.8, 4) is 0 Å². The molecule has 0 saturated heterocycles. The minimum atomic E-state index is -1.61. The van der Waals surface area contributed by atoms with Gasteiger partial charge in [0.25, 0.3) is 0 Å². The van der Waals surface area contributed by atoms with E-state index in [9.17, 15) is 0 Å². The second-order valence-electron chi connectivity index (χ2n) is 26.4. The van der Waals surface area contributed by atoms with E-state index >= 15 is 0 Å². The fourth-order valence-electron chi connectivity index (χ4n) is 17.1. The smallest absolute Gasteiger partial charge is 0.0598 e. The average molecular weight is 793 g/mol. The van der Waals surface area contributed by atoms with E-state index in [2.05, 4.69) is 96.2 Å². The molecule has 0 aliphatic heterocycles. The Labute approximate surface area is 353 Å². The van der Waals surface area contributed by atoms with Gasteiger partial charge in [-0.3, -0.25) is 0 Å². The molecule has 6 fully saturated rings. The van der Waals surface area contributed by atoms with Gasteiger partial charge in [-0.25, -0.2) is 0 Å². The first-order valence-corrected chi connectivity index (χ1v) is 29.0. The number of fused-ring (bicyclic) bond motifs is 2. The van der Waals surface area contributed by atoms with Crippen molar-refractivity contribution >= 4 is 8.07 Å². The van der Waals surface area contributed by atoms with Crippen LogP contribution in [0.3, 0.4) is 0 Å². The van der Waals surface area contributed by atoms with Crippen molar-refractivity contribution in [2.45, 2.75) is 241 Å². The molecule has 326 valence electrons. The van der Waals surface area contributed by atoms with Gasteiger partial charge in [0.2, 0.25) is 0 Å². The number of ether oxygens (including phenoxy) is 1.